The van der Waals surface area contributed by atoms with Gasteiger partial charge in [0.2, 0.25) is 0 Å². The van der Waals surface area contributed by atoms with E-state index in [9.17, 15) is 19.7 Å². The van der Waals surface area contributed by atoms with Crippen LogP contribution >= 0.6 is 11.8 Å². The quantitative estimate of drug-likeness (QED) is 0.122. The Morgan fingerprint density at radius 3 is 2.28 bits per heavy atom. The maximum absolute atomic E-state index is 12.6. The van der Waals surface area contributed by atoms with Gasteiger partial charge in [-0.2, -0.15) is 5.26 Å². The van der Waals surface area contributed by atoms with Gasteiger partial charge in [0.1, 0.15) is 29.1 Å². The summed E-state index contributed by atoms with van der Waals surface area (Å²) in [6.45, 7) is -0.243. The average molecular weight is 450 g/mol. The first-order valence-corrected chi connectivity index (χ1v) is 9.83. The van der Waals surface area contributed by atoms with E-state index in [-0.39, 0.29) is 29.2 Å². The van der Waals surface area contributed by atoms with Gasteiger partial charge in [-0.3, -0.25) is 0 Å². The van der Waals surface area contributed by atoms with Crippen LogP contribution < -0.4 is 9.47 Å². The minimum Gasteiger partial charge on any atom is -0.423 e. The molecule has 0 amide bonds. The molecule has 0 atom stereocenters. The predicted octanol–water partition coefficient (Wildman–Crippen LogP) is 4.41. The number of thioether (sulfide) groups is 1. The molecule has 0 aromatic heterocycles. The van der Waals surface area contributed by atoms with Crippen LogP contribution in [0, 0.1) is 20.8 Å². The monoisotopic (exact) mass is 450 g/mol. The Hall–Kier alpha value is -4.36. The first-order valence-electron chi connectivity index (χ1n) is 9.02. The van der Waals surface area contributed by atoms with Gasteiger partial charge in [-0.1, -0.05) is 24.3 Å². The van der Waals surface area contributed by atoms with Gasteiger partial charge in [0, 0.05) is 4.90 Å². The lowest BCUT2D eigenvalue weighted by Crippen LogP contribution is -2.14. The number of nitrogens with zero attached hydrogens (tertiary/aromatic N) is 2. The average Bonchev–Trinajstić information content (AvgIpc) is 2.80. The summed E-state index contributed by atoms with van der Waals surface area (Å²) in [5.74, 6) is -1.16. The standard InChI is InChI=1S/C22H14N2O7S/c23-14-32-18-11-9-17(10-12-18)30-22(26)19-3-1-2-4-20(19)31-21(25)16-7-5-15(6-8-16)13-29-24(27)28/h1-12H,13H2. The molecule has 0 radical (unpaired) electrons. The van der Waals surface area contributed by atoms with Crippen LogP contribution in [0.2, 0.25) is 0 Å². The van der Waals surface area contributed by atoms with Crippen molar-refractivity contribution in [2.45, 2.75) is 11.5 Å². The van der Waals surface area contributed by atoms with Gasteiger partial charge in [0.25, 0.3) is 5.09 Å². The Bertz CT molecular complexity index is 1170. The third kappa shape index (κ3) is 6.07. The van der Waals surface area contributed by atoms with Gasteiger partial charge in [-0.05, 0) is 65.9 Å². The number of esters is 2. The van der Waals surface area contributed by atoms with E-state index in [1.807, 2.05) is 5.40 Å². The van der Waals surface area contributed by atoms with Gasteiger partial charge in [0.05, 0.1) is 5.56 Å². The molecular weight excluding hydrogens is 436 g/mol. The van der Waals surface area contributed by atoms with Crippen molar-refractivity contribution in [2.24, 2.45) is 0 Å². The van der Waals surface area contributed by atoms with Crippen LogP contribution in [0.5, 0.6) is 11.5 Å². The minimum atomic E-state index is -0.905. The predicted molar refractivity (Wildman–Crippen MR) is 112 cm³/mol. The molecule has 0 aliphatic heterocycles. The van der Waals surface area contributed by atoms with Crippen molar-refractivity contribution in [1.82, 2.24) is 0 Å². The van der Waals surface area contributed by atoms with Crippen molar-refractivity contribution >= 4 is 23.7 Å². The second kappa shape index (κ2) is 10.6. The van der Waals surface area contributed by atoms with E-state index in [4.69, 9.17) is 14.7 Å². The molecule has 32 heavy (non-hydrogen) atoms. The van der Waals surface area contributed by atoms with Crippen LogP contribution in [0.25, 0.3) is 0 Å². The Morgan fingerprint density at radius 2 is 1.62 bits per heavy atom. The lowest BCUT2D eigenvalue weighted by atomic mass is 10.1. The normalized spacial score (nSPS) is 9.97. The lowest BCUT2D eigenvalue weighted by molar-refractivity contribution is -0.763. The number of hydrogen-bond acceptors (Lipinski definition) is 9. The summed E-state index contributed by atoms with van der Waals surface area (Å²) in [5.41, 5.74) is 0.734. The third-order valence-electron chi connectivity index (χ3n) is 4.03. The van der Waals surface area contributed by atoms with E-state index in [0.29, 0.717) is 10.5 Å². The van der Waals surface area contributed by atoms with Crippen molar-refractivity contribution < 1.29 is 29.0 Å². The number of para-hydroxylation sites is 1. The summed E-state index contributed by atoms with van der Waals surface area (Å²) >= 11 is 0.982. The van der Waals surface area contributed by atoms with Crippen molar-refractivity contribution in [2.75, 3.05) is 0 Å². The largest absolute Gasteiger partial charge is 0.423 e. The number of carbonyl (C=O) groups excluding carboxylic acids is 2. The second-order valence-corrected chi connectivity index (χ2v) is 6.99. The Labute approximate surface area is 186 Å². The topological polar surface area (TPSA) is 129 Å². The zero-order valence-corrected chi connectivity index (χ0v) is 17.1. The van der Waals surface area contributed by atoms with Crippen molar-refractivity contribution in [3.63, 3.8) is 0 Å². The number of rotatable bonds is 8. The van der Waals surface area contributed by atoms with Crippen molar-refractivity contribution in [1.29, 1.82) is 5.26 Å². The first kappa shape index (κ1) is 22.3. The fraction of sp³-hybridized carbons (Fsp3) is 0.0455. The molecule has 0 bridgehead atoms. The number of hydrogen-bond donors (Lipinski definition) is 0. The third-order valence-corrected chi connectivity index (χ3v) is 4.63. The minimum absolute atomic E-state index is 0.0138. The van der Waals surface area contributed by atoms with Crippen LogP contribution in [0.1, 0.15) is 26.3 Å². The summed E-state index contributed by atoms with van der Waals surface area (Å²) in [6.07, 6.45) is 0. The Kier molecular flexibility index (Phi) is 7.40. The number of nitriles is 1. The summed E-state index contributed by atoms with van der Waals surface area (Å²) in [6, 6.07) is 18.4. The Morgan fingerprint density at radius 1 is 0.938 bits per heavy atom. The molecule has 160 valence electrons. The van der Waals surface area contributed by atoms with E-state index < -0.39 is 17.0 Å². The molecule has 3 rings (SSSR count). The molecule has 0 fully saturated rings. The molecule has 10 heteroatoms. The zero-order valence-electron chi connectivity index (χ0n) is 16.3. The molecule has 0 heterocycles. The van der Waals surface area contributed by atoms with Crippen LogP contribution in [0.3, 0.4) is 0 Å². The summed E-state index contributed by atoms with van der Waals surface area (Å²) in [5, 5.41) is 20.0. The van der Waals surface area contributed by atoms with Crippen LogP contribution in [-0.4, -0.2) is 17.0 Å². The van der Waals surface area contributed by atoms with Gasteiger partial charge in [0.15, 0.2) is 0 Å². The van der Waals surface area contributed by atoms with Gasteiger partial charge in [-0.15, -0.1) is 10.1 Å². The molecule has 0 spiro atoms. The second-order valence-electron chi connectivity index (χ2n) is 6.13. The summed E-state index contributed by atoms with van der Waals surface area (Å²) < 4.78 is 10.7. The molecular formula is C22H14N2O7S. The SMILES string of the molecule is N#CSc1ccc(OC(=O)c2ccccc2OC(=O)c2ccc(CO[N+](=O)[O-])cc2)cc1. The van der Waals surface area contributed by atoms with E-state index in [1.54, 1.807) is 36.4 Å². The first-order chi connectivity index (χ1) is 15.5. The fourth-order valence-corrected chi connectivity index (χ4v) is 2.92. The maximum Gasteiger partial charge on any atom is 0.347 e. The van der Waals surface area contributed by atoms with Gasteiger partial charge >= 0.3 is 11.9 Å². The highest BCUT2D eigenvalue weighted by Gasteiger charge is 2.18. The Balaban J connectivity index is 1.69. The molecule has 0 saturated carbocycles. The van der Waals surface area contributed by atoms with Crippen LogP contribution in [-0.2, 0) is 11.4 Å². The van der Waals surface area contributed by atoms with Gasteiger partial charge in [-0.25, -0.2) is 9.59 Å². The number of benzene rings is 3. The highest BCUT2D eigenvalue weighted by Crippen LogP contribution is 2.24. The van der Waals surface area contributed by atoms with E-state index in [1.165, 1.54) is 36.4 Å². The summed E-state index contributed by atoms with van der Waals surface area (Å²) in [7, 11) is 0. The smallest absolute Gasteiger partial charge is 0.347 e. The molecule has 0 N–H and O–H groups in total. The number of ether oxygens (including phenoxy) is 2. The van der Waals surface area contributed by atoms with E-state index in [2.05, 4.69) is 4.84 Å². The fourth-order valence-electron chi connectivity index (χ4n) is 2.54. The van der Waals surface area contributed by atoms with Crippen molar-refractivity contribution in [3.8, 4) is 16.9 Å². The lowest BCUT2D eigenvalue weighted by Gasteiger charge is -2.10. The van der Waals surface area contributed by atoms with Gasteiger partial charge < -0.3 is 14.3 Å². The molecule has 3 aromatic rings. The van der Waals surface area contributed by atoms with Crippen molar-refractivity contribution in [3.05, 3.63) is 99.6 Å². The molecule has 0 saturated heterocycles. The molecule has 0 aliphatic carbocycles. The molecule has 3 aromatic carbocycles. The molecule has 0 aliphatic rings. The molecule has 0 unspecified atom stereocenters. The van der Waals surface area contributed by atoms with E-state index in [0.717, 1.165) is 11.8 Å². The maximum atomic E-state index is 12.6. The zero-order chi connectivity index (χ0) is 22.9. The number of carbonyl (C=O) groups is 2. The highest BCUT2D eigenvalue weighted by atomic mass is 32.2. The van der Waals surface area contributed by atoms with Crippen LogP contribution in [0.15, 0.2) is 77.7 Å². The highest BCUT2D eigenvalue weighted by molar-refractivity contribution is 8.03. The summed E-state index contributed by atoms with van der Waals surface area (Å²) in [4.78, 5) is 40.3. The number of thiocyanates is 1. The molecule has 9 nitrogen and oxygen atoms in total. The van der Waals surface area contributed by atoms with Crippen LogP contribution in [0.4, 0.5) is 0 Å². The van der Waals surface area contributed by atoms with E-state index >= 15 is 0 Å².